The molecule has 31 heavy (non-hydrogen) atoms. The highest BCUT2D eigenvalue weighted by Crippen LogP contribution is 2.27. The zero-order chi connectivity index (χ0) is 22.4. The summed E-state index contributed by atoms with van der Waals surface area (Å²) >= 11 is 0. The molecule has 2 aromatic rings. The Bertz CT molecular complexity index is 1070. The van der Waals surface area contributed by atoms with Gasteiger partial charge in [-0.25, -0.2) is 13.4 Å². The fourth-order valence-electron chi connectivity index (χ4n) is 3.02. The first-order valence-electron chi connectivity index (χ1n) is 9.02. The first kappa shape index (κ1) is 22.6. The predicted octanol–water partition coefficient (Wildman–Crippen LogP) is 1.27. The van der Waals surface area contributed by atoms with Gasteiger partial charge in [0.05, 0.1) is 34.8 Å². The normalized spacial score (nSPS) is 17.2. The number of carbonyl (C=O) groups excluding carboxylic acids is 1. The lowest BCUT2D eigenvalue weighted by molar-refractivity contribution is -0.384. The number of benzene rings is 1. The van der Waals surface area contributed by atoms with Crippen LogP contribution < -0.4 is 0 Å². The number of oxazole rings is 1. The molecular formula is C18H18BN4O7S. The fourth-order valence-corrected chi connectivity index (χ4v) is 4.39. The third-order valence-electron chi connectivity index (χ3n) is 4.34. The Morgan fingerprint density at radius 2 is 2.16 bits per heavy atom. The van der Waals surface area contributed by atoms with Crippen LogP contribution in [0.3, 0.4) is 0 Å². The molecule has 1 atom stereocenters. The Labute approximate surface area is 179 Å². The van der Waals surface area contributed by atoms with Crippen LogP contribution in [0.25, 0.3) is 5.57 Å². The summed E-state index contributed by atoms with van der Waals surface area (Å²) in [5.74, 6) is 0.283. The topological polar surface area (TPSA) is 136 Å². The van der Waals surface area contributed by atoms with Gasteiger partial charge in [-0.05, 0) is 12.1 Å². The minimum absolute atomic E-state index is 0.109. The zero-order valence-corrected chi connectivity index (χ0v) is 17.1. The van der Waals surface area contributed by atoms with Crippen molar-refractivity contribution in [2.75, 3.05) is 19.7 Å². The van der Waals surface area contributed by atoms with Gasteiger partial charge in [0.1, 0.15) is 6.26 Å². The predicted molar refractivity (Wildman–Crippen MR) is 111 cm³/mol. The number of hydroxylamine groups is 1. The molecule has 1 aliphatic rings. The molecule has 1 radical (unpaired) electrons. The summed E-state index contributed by atoms with van der Waals surface area (Å²) < 4.78 is 32.7. The van der Waals surface area contributed by atoms with E-state index in [1.54, 1.807) is 10.9 Å². The molecule has 0 spiro atoms. The third-order valence-corrected chi connectivity index (χ3v) is 6.06. The van der Waals surface area contributed by atoms with E-state index in [2.05, 4.69) is 11.6 Å². The van der Waals surface area contributed by atoms with Gasteiger partial charge in [0, 0.05) is 30.8 Å². The van der Waals surface area contributed by atoms with Gasteiger partial charge in [-0.2, -0.15) is 0 Å². The summed E-state index contributed by atoms with van der Waals surface area (Å²) in [5, 5.41) is 10.9. The first-order chi connectivity index (χ1) is 14.9. The second kappa shape index (κ2) is 9.79. The van der Waals surface area contributed by atoms with E-state index in [4.69, 9.17) is 9.25 Å². The zero-order valence-electron chi connectivity index (χ0n) is 16.2. The van der Waals surface area contributed by atoms with Crippen molar-refractivity contribution in [1.82, 2.24) is 14.3 Å². The molecule has 0 bridgehead atoms. The van der Waals surface area contributed by atoms with E-state index in [1.807, 2.05) is 0 Å². The lowest BCUT2D eigenvalue weighted by Gasteiger charge is -2.35. The number of nitro benzene ring substituents is 1. The fraction of sp³-hybridized carbons (Fsp3) is 0.222. The Kier molecular flexibility index (Phi) is 7.12. The highest BCUT2D eigenvalue weighted by atomic mass is 32.2. The summed E-state index contributed by atoms with van der Waals surface area (Å²) in [6.45, 7) is 3.83. The van der Waals surface area contributed by atoms with Crippen LogP contribution >= 0.6 is 0 Å². The lowest BCUT2D eigenvalue weighted by atomic mass is 9.90. The maximum atomic E-state index is 13.3. The van der Waals surface area contributed by atoms with Crippen LogP contribution in [0, 0.1) is 10.1 Å². The SMILES string of the molecule is C=CCON(C1C=C(c2ncco2)CN([B]C=O)C1)S(=O)(=O)c1ccc([N+](=O)[O-])cc1. The molecule has 13 heteroatoms. The van der Waals surface area contributed by atoms with Crippen LogP contribution in [0.2, 0.25) is 0 Å². The summed E-state index contributed by atoms with van der Waals surface area (Å²) in [6.07, 6.45) is 6.44. The number of carbonyl (C=O) groups is 1. The van der Waals surface area contributed by atoms with E-state index in [1.165, 1.54) is 26.0 Å². The second-order valence-electron chi connectivity index (χ2n) is 6.41. The monoisotopic (exact) mass is 445 g/mol. The van der Waals surface area contributed by atoms with Crippen LogP contribution in [0.5, 0.6) is 0 Å². The summed E-state index contributed by atoms with van der Waals surface area (Å²) in [4.78, 5) is 32.3. The van der Waals surface area contributed by atoms with E-state index in [0.29, 0.717) is 11.8 Å². The molecule has 0 N–H and O–H groups in total. The van der Waals surface area contributed by atoms with Gasteiger partial charge in [-0.1, -0.05) is 16.6 Å². The van der Waals surface area contributed by atoms with Crippen molar-refractivity contribution in [1.29, 1.82) is 0 Å². The molecule has 0 saturated heterocycles. The number of hydrogen-bond donors (Lipinski definition) is 0. The quantitative estimate of drug-likeness (QED) is 0.174. The standard InChI is InChI=1S/C18H18BN4O7S/c1-2-8-30-23(31(27,28)17-5-3-15(4-6-17)22(25)26)16-10-14(18-20-7-9-29-18)11-21(12-16)19-13-24/h2-7,9-10,13,16H,1,8,11-12H2. The van der Waals surface area contributed by atoms with E-state index in [0.717, 1.165) is 28.7 Å². The number of aromatic nitrogens is 1. The molecule has 11 nitrogen and oxygen atoms in total. The molecule has 161 valence electrons. The number of sulfonamides is 1. The molecule has 0 fully saturated rings. The van der Waals surface area contributed by atoms with Crippen LogP contribution in [0.15, 0.2) is 64.8 Å². The van der Waals surface area contributed by atoms with E-state index in [-0.39, 0.29) is 36.2 Å². The molecule has 0 saturated carbocycles. The van der Waals surface area contributed by atoms with Gasteiger partial charge in [0.15, 0.2) is 0 Å². The number of nitro groups is 1. The molecule has 0 amide bonds. The van der Waals surface area contributed by atoms with Crippen molar-refractivity contribution in [2.45, 2.75) is 10.9 Å². The van der Waals surface area contributed by atoms with Crippen molar-refractivity contribution in [3.05, 3.63) is 71.5 Å². The minimum Gasteiger partial charge on any atom is -0.445 e. The van der Waals surface area contributed by atoms with Crippen LogP contribution in [0.1, 0.15) is 5.89 Å². The van der Waals surface area contributed by atoms with Crippen molar-refractivity contribution in [2.24, 2.45) is 0 Å². The lowest BCUT2D eigenvalue weighted by Crippen LogP contribution is -2.50. The minimum atomic E-state index is -4.23. The number of hydrogen-bond acceptors (Lipinski definition) is 9. The number of rotatable bonds is 10. The highest BCUT2D eigenvalue weighted by Gasteiger charge is 2.36. The summed E-state index contributed by atoms with van der Waals surface area (Å²) in [5.41, 5.74) is 0.318. The molecule has 1 aliphatic heterocycles. The molecule has 3 rings (SSSR count). The maximum Gasteiger partial charge on any atom is 0.293 e. The van der Waals surface area contributed by atoms with Crippen LogP contribution in [0.4, 0.5) is 5.69 Å². The Balaban J connectivity index is 2.01. The van der Waals surface area contributed by atoms with Crippen LogP contribution in [-0.4, -0.2) is 66.9 Å². The van der Waals surface area contributed by atoms with Crippen molar-refractivity contribution >= 4 is 34.9 Å². The second-order valence-corrected chi connectivity index (χ2v) is 8.19. The average molecular weight is 445 g/mol. The smallest absolute Gasteiger partial charge is 0.293 e. The molecule has 1 unspecified atom stereocenters. The van der Waals surface area contributed by atoms with E-state index < -0.39 is 21.0 Å². The van der Waals surface area contributed by atoms with Crippen molar-refractivity contribution < 1.29 is 27.4 Å². The van der Waals surface area contributed by atoms with Gasteiger partial charge in [0.25, 0.3) is 23.1 Å². The Morgan fingerprint density at radius 1 is 1.42 bits per heavy atom. The highest BCUT2D eigenvalue weighted by molar-refractivity contribution is 7.89. The third kappa shape index (κ3) is 5.14. The summed E-state index contributed by atoms with van der Waals surface area (Å²) in [7, 11) is -2.94. The molecule has 1 aromatic heterocycles. The van der Waals surface area contributed by atoms with Gasteiger partial charge in [-0.15, -0.1) is 6.58 Å². The maximum absolute atomic E-state index is 13.3. The van der Waals surface area contributed by atoms with Gasteiger partial charge >= 0.3 is 0 Å². The van der Waals surface area contributed by atoms with Gasteiger partial charge < -0.3 is 14.0 Å². The number of nitrogens with zero attached hydrogens (tertiary/aromatic N) is 4. The van der Waals surface area contributed by atoms with E-state index in [9.17, 15) is 23.3 Å². The molecule has 2 heterocycles. The first-order valence-corrected chi connectivity index (χ1v) is 10.5. The Morgan fingerprint density at radius 3 is 2.74 bits per heavy atom. The van der Waals surface area contributed by atoms with Gasteiger partial charge in [0.2, 0.25) is 5.89 Å². The van der Waals surface area contributed by atoms with Crippen molar-refractivity contribution in [3.8, 4) is 0 Å². The van der Waals surface area contributed by atoms with E-state index >= 15 is 0 Å². The van der Waals surface area contributed by atoms with Crippen LogP contribution in [-0.2, 0) is 19.7 Å². The number of non-ortho nitro benzene ring substituents is 1. The summed E-state index contributed by atoms with van der Waals surface area (Å²) in [6, 6.07) is 3.61. The van der Waals surface area contributed by atoms with Gasteiger partial charge in [-0.3, -0.25) is 15.0 Å². The van der Waals surface area contributed by atoms with Crippen molar-refractivity contribution in [3.63, 3.8) is 0 Å². The molecule has 1 aromatic carbocycles. The molecule has 0 aliphatic carbocycles. The molecular weight excluding hydrogens is 427 g/mol. The Hall–Kier alpha value is -3.13. The average Bonchev–Trinajstić information content (AvgIpc) is 3.29. The largest absolute Gasteiger partial charge is 0.445 e.